The molecule has 1 N–H and O–H groups in total. The van der Waals surface area contributed by atoms with E-state index in [9.17, 15) is 9.18 Å². The first-order valence-corrected chi connectivity index (χ1v) is 7.96. The highest BCUT2D eigenvalue weighted by Gasteiger charge is 2.10. The SMILES string of the molecule is O=C(Cc1csc(-c2ccccn2)n1)NCc1ccccc1F. The van der Waals surface area contributed by atoms with Gasteiger partial charge in [-0.25, -0.2) is 9.37 Å². The van der Waals surface area contributed by atoms with Crippen molar-refractivity contribution in [3.8, 4) is 10.7 Å². The third kappa shape index (κ3) is 3.98. The van der Waals surface area contributed by atoms with Crippen LogP contribution < -0.4 is 5.32 Å². The zero-order chi connectivity index (χ0) is 16.1. The second-order valence-corrected chi connectivity index (χ2v) is 5.76. The number of carbonyl (C=O) groups is 1. The summed E-state index contributed by atoms with van der Waals surface area (Å²) in [5.74, 6) is -0.509. The zero-order valence-corrected chi connectivity index (χ0v) is 13.0. The molecule has 0 aliphatic heterocycles. The van der Waals surface area contributed by atoms with E-state index in [-0.39, 0.29) is 24.7 Å². The summed E-state index contributed by atoms with van der Waals surface area (Å²) >= 11 is 1.45. The fourth-order valence-electron chi connectivity index (χ4n) is 2.06. The molecule has 2 heterocycles. The number of pyridine rings is 1. The van der Waals surface area contributed by atoms with Crippen LogP contribution in [-0.2, 0) is 17.8 Å². The molecule has 4 nitrogen and oxygen atoms in total. The molecule has 0 spiro atoms. The normalized spacial score (nSPS) is 10.5. The molecule has 0 saturated carbocycles. The molecular weight excluding hydrogens is 313 g/mol. The Hall–Kier alpha value is -2.60. The highest BCUT2D eigenvalue weighted by Crippen LogP contribution is 2.21. The van der Waals surface area contributed by atoms with E-state index >= 15 is 0 Å². The van der Waals surface area contributed by atoms with Crippen molar-refractivity contribution in [3.05, 3.63) is 71.1 Å². The van der Waals surface area contributed by atoms with Gasteiger partial charge in [0.2, 0.25) is 5.91 Å². The maximum absolute atomic E-state index is 13.5. The lowest BCUT2D eigenvalue weighted by Crippen LogP contribution is -2.25. The monoisotopic (exact) mass is 327 g/mol. The van der Waals surface area contributed by atoms with Gasteiger partial charge in [0, 0.05) is 23.7 Å². The molecule has 2 aromatic heterocycles. The van der Waals surface area contributed by atoms with Crippen LogP contribution in [0.3, 0.4) is 0 Å². The smallest absolute Gasteiger partial charge is 0.226 e. The molecule has 6 heteroatoms. The summed E-state index contributed by atoms with van der Waals surface area (Å²) < 4.78 is 13.5. The molecule has 1 amide bonds. The number of amides is 1. The quantitative estimate of drug-likeness (QED) is 0.783. The summed E-state index contributed by atoms with van der Waals surface area (Å²) in [5, 5.41) is 5.33. The Labute approximate surface area is 137 Å². The third-order valence-corrected chi connectivity index (χ3v) is 4.12. The lowest BCUT2D eigenvalue weighted by atomic mass is 10.2. The van der Waals surface area contributed by atoms with E-state index in [2.05, 4.69) is 15.3 Å². The second kappa shape index (κ2) is 7.11. The van der Waals surface area contributed by atoms with E-state index in [0.717, 1.165) is 10.7 Å². The van der Waals surface area contributed by atoms with Crippen LogP contribution in [0.2, 0.25) is 0 Å². The maximum Gasteiger partial charge on any atom is 0.226 e. The second-order valence-electron chi connectivity index (χ2n) is 4.90. The van der Waals surface area contributed by atoms with Gasteiger partial charge in [-0.15, -0.1) is 11.3 Å². The molecule has 116 valence electrons. The number of nitrogens with one attached hydrogen (secondary N) is 1. The van der Waals surface area contributed by atoms with Crippen LogP contribution in [0.4, 0.5) is 4.39 Å². The third-order valence-electron chi connectivity index (χ3n) is 3.21. The number of halogens is 1. The highest BCUT2D eigenvalue weighted by atomic mass is 32.1. The summed E-state index contributed by atoms with van der Waals surface area (Å²) in [7, 11) is 0. The van der Waals surface area contributed by atoms with Crippen LogP contribution in [0.15, 0.2) is 54.0 Å². The average Bonchev–Trinajstić information content (AvgIpc) is 3.03. The Kier molecular flexibility index (Phi) is 4.73. The summed E-state index contributed by atoms with van der Waals surface area (Å²) in [6.45, 7) is 0.169. The van der Waals surface area contributed by atoms with Gasteiger partial charge in [-0.05, 0) is 18.2 Å². The molecule has 0 aliphatic carbocycles. The number of nitrogens with zero attached hydrogens (tertiary/aromatic N) is 2. The molecule has 0 aliphatic rings. The first kappa shape index (κ1) is 15.3. The topological polar surface area (TPSA) is 54.9 Å². The van der Waals surface area contributed by atoms with Gasteiger partial charge in [0.1, 0.15) is 10.8 Å². The van der Waals surface area contributed by atoms with Crippen molar-refractivity contribution in [2.24, 2.45) is 0 Å². The summed E-state index contributed by atoms with van der Waals surface area (Å²) in [5.41, 5.74) is 1.94. The zero-order valence-electron chi connectivity index (χ0n) is 12.2. The fraction of sp³-hybridized carbons (Fsp3) is 0.118. The Balaban J connectivity index is 1.58. The average molecular weight is 327 g/mol. The molecule has 0 unspecified atom stereocenters. The largest absolute Gasteiger partial charge is 0.352 e. The highest BCUT2D eigenvalue weighted by molar-refractivity contribution is 7.13. The first-order chi connectivity index (χ1) is 11.2. The summed E-state index contributed by atoms with van der Waals surface area (Å²) in [4.78, 5) is 20.6. The number of aromatic nitrogens is 2. The standard InChI is InChI=1S/C17H14FN3OS/c18-14-6-2-1-5-12(14)10-20-16(22)9-13-11-23-17(21-13)15-7-3-4-8-19-15/h1-8,11H,9-10H2,(H,20,22). The predicted molar refractivity (Wildman–Crippen MR) is 87.3 cm³/mol. The minimum absolute atomic E-state index is 0.164. The van der Waals surface area contributed by atoms with Crippen molar-refractivity contribution in [3.63, 3.8) is 0 Å². The lowest BCUT2D eigenvalue weighted by Gasteiger charge is -2.05. The number of benzene rings is 1. The van der Waals surface area contributed by atoms with Gasteiger partial charge in [0.25, 0.3) is 0 Å². The molecular formula is C17H14FN3OS. The van der Waals surface area contributed by atoms with E-state index in [4.69, 9.17) is 0 Å². The molecule has 3 rings (SSSR count). The van der Waals surface area contributed by atoms with Crippen LogP contribution in [0.1, 0.15) is 11.3 Å². The Bertz CT molecular complexity index is 804. The van der Waals surface area contributed by atoms with E-state index in [1.807, 2.05) is 23.6 Å². The van der Waals surface area contributed by atoms with Gasteiger partial charge in [0.05, 0.1) is 17.8 Å². The van der Waals surface area contributed by atoms with Crippen molar-refractivity contribution in [2.75, 3.05) is 0 Å². The summed E-state index contributed by atoms with van der Waals surface area (Å²) in [6, 6.07) is 12.0. The number of hydrogen-bond acceptors (Lipinski definition) is 4. The Morgan fingerprint density at radius 1 is 1.17 bits per heavy atom. The molecule has 0 radical (unpaired) electrons. The molecule has 0 bridgehead atoms. The van der Waals surface area contributed by atoms with E-state index < -0.39 is 0 Å². The van der Waals surface area contributed by atoms with E-state index in [1.54, 1.807) is 24.4 Å². The van der Waals surface area contributed by atoms with Crippen molar-refractivity contribution in [2.45, 2.75) is 13.0 Å². The number of hydrogen-bond donors (Lipinski definition) is 1. The van der Waals surface area contributed by atoms with Crippen LogP contribution in [0.25, 0.3) is 10.7 Å². The molecule has 0 fully saturated rings. The van der Waals surface area contributed by atoms with Gasteiger partial charge < -0.3 is 5.32 Å². The van der Waals surface area contributed by atoms with Gasteiger partial charge in [-0.2, -0.15) is 0 Å². The van der Waals surface area contributed by atoms with Crippen molar-refractivity contribution in [1.82, 2.24) is 15.3 Å². The van der Waals surface area contributed by atoms with Gasteiger partial charge in [-0.3, -0.25) is 9.78 Å². The van der Waals surface area contributed by atoms with Gasteiger partial charge in [-0.1, -0.05) is 24.3 Å². The van der Waals surface area contributed by atoms with Crippen molar-refractivity contribution < 1.29 is 9.18 Å². The number of thiazole rings is 1. The minimum atomic E-state index is -0.320. The number of carbonyl (C=O) groups excluding carboxylic acids is 1. The molecule has 0 saturated heterocycles. The Morgan fingerprint density at radius 3 is 2.78 bits per heavy atom. The maximum atomic E-state index is 13.5. The van der Waals surface area contributed by atoms with Crippen LogP contribution in [0.5, 0.6) is 0 Å². The molecule has 23 heavy (non-hydrogen) atoms. The minimum Gasteiger partial charge on any atom is -0.352 e. The van der Waals surface area contributed by atoms with E-state index in [1.165, 1.54) is 17.4 Å². The van der Waals surface area contributed by atoms with Gasteiger partial charge in [0.15, 0.2) is 0 Å². The molecule has 3 aromatic rings. The Morgan fingerprint density at radius 2 is 2.00 bits per heavy atom. The lowest BCUT2D eigenvalue weighted by molar-refractivity contribution is -0.120. The predicted octanol–water partition coefficient (Wildman–Crippen LogP) is 3.20. The molecule has 0 atom stereocenters. The van der Waals surface area contributed by atoms with Gasteiger partial charge >= 0.3 is 0 Å². The fourth-order valence-corrected chi connectivity index (χ4v) is 2.85. The van der Waals surface area contributed by atoms with Crippen LogP contribution in [0, 0.1) is 5.82 Å². The summed E-state index contributed by atoms with van der Waals surface area (Å²) in [6.07, 6.45) is 1.87. The van der Waals surface area contributed by atoms with Crippen LogP contribution in [-0.4, -0.2) is 15.9 Å². The van der Waals surface area contributed by atoms with Crippen LogP contribution >= 0.6 is 11.3 Å². The number of rotatable bonds is 5. The molecule has 1 aromatic carbocycles. The van der Waals surface area contributed by atoms with E-state index in [0.29, 0.717) is 11.3 Å². The van der Waals surface area contributed by atoms with Crippen molar-refractivity contribution >= 4 is 17.2 Å². The first-order valence-electron chi connectivity index (χ1n) is 7.08. The van der Waals surface area contributed by atoms with Crippen molar-refractivity contribution in [1.29, 1.82) is 0 Å².